The van der Waals surface area contributed by atoms with E-state index < -0.39 is 20.0 Å². The molecule has 2 aromatic rings. The van der Waals surface area contributed by atoms with Gasteiger partial charge in [0, 0.05) is 32.7 Å². The van der Waals surface area contributed by atoms with E-state index in [4.69, 9.17) is 0 Å². The van der Waals surface area contributed by atoms with Crippen LogP contribution in [0.4, 0.5) is 0 Å². The lowest BCUT2D eigenvalue weighted by molar-refractivity contribution is 0.160. The summed E-state index contributed by atoms with van der Waals surface area (Å²) in [6.45, 7) is 2.66. The van der Waals surface area contributed by atoms with Crippen LogP contribution in [0.15, 0.2) is 64.4 Å². The lowest BCUT2D eigenvalue weighted by atomic mass is 10.1. The van der Waals surface area contributed by atoms with Gasteiger partial charge in [0.25, 0.3) is 0 Å². The van der Waals surface area contributed by atoms with Gasteiger partial charge >= 0.3 is 0 Å². The average Bonchev–Trinajstić information content (AvgIpc) is 3.30. The van der Waals surface area contributed by atoms with Crippen molar-refractivity contribution < 1.29 is 16.8 Å². The molecule has 30 heavy (non-hydrogen) atoms. The molecule has 2 aliphatic heterocycles. The third-order valence-corrected chi connectivity index (χ3v) is 9.69. The number of nitrogens with zero attached hydrogens (tertiary/aromatic N) is 3. The molecule has 1 unspecified atom stereocenters. The lowest BCUT2D eigenvalue weighted by Gasteiger charge is -2.39. The van der Waals surface area contributed by atoms with E-state index in [-0.39, 0.29) is 15.8 Å². The quantitative estimate of drug-likeness (QED) is 0.699. The molecule has 2 saturated heterocycles. The van der Waals surface area contributed by atoms with Crippen molar-refractivity contribution in [2.75, 3.05) is 39.8 Å². The third-order valence-electron chi connectivity index (χ3n) is 5.85. The molecule has 0 bridgehead atoms. The van der Waals surface area contributed by atoms with Crippen LogP contribution in [0, 0.1) is 0 Å². The number of hydrogen-bond acceptors (Lipinski definition) is 5. The number of piperazine rings is 1. The molecular weight excluding hydrogens is 422 g/mol. The summed E-state index contributed by atoms with van der Waals surface area (Å²) in [5.41, 5.74) is 0.945. The van der Waals surface area contributed by atoms with E-state index >= 15 is 0 Å². The Morgan fingerprint density at radius 1 is 0.733 bits per heavy atom. The van der Waals surface area contributed by atoms with Crippen LogP contribution in [0.5, 0.6) is 0 Å². The highest BCUT2D eigenvalue weighted by Gasteiger charge is 2.36. The van der Waals surface area contributed by atoms with Gasteiger partial charge in [-0.3, -0.25) is 0 Å². The molecule has 1 atom stereocenters. The normalized spacial score (nSPS) is 22.4. The van der Waals surface area contributed by atoms with Crippen molar-refractivity contribution in [2.45, 2.75) is 28.7 Å². The predicted molar refractivity (Wildman–Crippen MR) is 115 cm³/mol. The minimum Gasteiger partial charge on any atom is -0.303 e. The molecule has 0 radical (unpaired) electrons. The molecule has 0 aromatic heterocycles. The summed E-state index contributed by atoms with van der Waals surface area (Å²) in [7, 11) is -5.35. The van der Waals surface area contributed by atoms with Gasteiger partial charge < -0.3 is 4.90 Å². The second kappa shape index (κ2) is 8.39. The van der Waals surface area contributed by atoms with Crippen LogP contribution in [0.25, 0.3) is 0 Å². The molecule has 9 heteroatoms. The molecular formula is C21H27N3O4S2. The topological polar surface area (TPSA) is 78.0 Å². The zero-order chi connectivity index (χ0) is 21.4. The molecule has 7 nitrogen and oxygen atoms in total. The van der Waals surface area contributed by atoms with Gasteiger partial charge in [-0.25, -0.2) is 16.8 Å². The highest BCUT2D eigenvalue weighted by Crippen LogP contribution is 2.31. The molecule has 2 aromatic carbocycles. The molecule has 0 aliphatic carbocycles. The zero-order valence-corrected chi connectivity index (χ0v) is 18.6. The van der Waals surface area contributed by atoms with E-state index in [1.54, 1.807) is 0 Å². The molecule has 4 rings (SSSR count). The van der Waals surface area contributed by atoms with Gasteiger partial charge in [0.15, 0.2) is 0 Å². The average molecular weight is 450 g/mol. The summed E-state index contributed by atoms with van der Waals surface area (Å²) in [6, 6.07) is 15.0. The first-order valence-electron chi connectivity index (χ1n) is 10.2. The Hall–Kier alpha value is -1.78. The van der Waals surface area contributed by atoms with Gasteiger partial charge in [0.2, 0.25) is 20.0 Å². The highest BCUT2D eigenvalue weighted by atomic mass is 32.2. The van der Waals surface area contributed by atoms with Gasteiger partial charge in [0.05, 0.1) is 15.8 Å². The van der Waals surface area contributed by atoms with Gasteiger partial charge in [-0.05, 0) is 49.7 Å². The molecule has 2 fully saturated rings. The molecule has 0 N–H and O–H groups in total. The Kier molecular flexibility index (Phi) is 6.00. The van der Waals surface area contributed by atoms with E-state index in [1.165, 1.54) is 32.9 Å². The molecule has 0 spiro atoms. The minimum atomic E-state index is -3.77. The van der Waals surface area contributed by atoms with Crippen molar-refractivity contribution in [1.29, 1.82) is 0 Å². The number of rotatable bonds is 5. The molecule has 0 amide bonds. The fourth-order valence-electron chi connectivity index (χ4n) is 4.13. The van der Waals surface area contributed by atoms with Gasteiger partial charge in [0.1, 0.15) is 0 Å². The van der Waals surface area contributed by atoms with E-state index in [1.807, 2.05) is 37.4 Å². The summed E-state index contributed by atoms with van der Waals surface area (Å²) in [4.78, 5) is 2.38. The van der Waals surface area contributed by atoms with Crippen molar-refractivity contribution >= 4 is 20.0 Å². The summed E-state index contributed by atoms with van der Waals surface area (Å²) >= 11 is 0. The molecule has 2 aliphatic rings. The summed E-state index contributed by atoms with van der Waals surface area (Å²) in [5.74, 6) is 0. The number of sulfonamides is 2. The minimum absolute atomic E-state index is 0.119. The number of likely N-dealkylation sites (N-methyl/N-ethyl adjacent to an activating group) is 1. The maximum Gasteiger partial charge on any atom is 0.243 e. The second-order valence-corrected chi connectivity index (χ2v) is 11.7. The maximum absolute atomic E-state index is 13.4. The first kappa shape index (κ1) is 21.5. The van der Waals surface area contributed by atoms with E-state index in [0.717, 1.165) is 18.4 Å². The van der Waals surface area contributed by atoms with Crippen molar-refractivity contribution in [1.82, 2.24) is 13.5 Å². The molecule has 2 heterocycles. The summed E-state index contributed by atoms with van der Waals surface area (Å²) < 4.78 is 55.3. The SMILES string of the molecule is CN1CCN(S(=O)(=O)c2ccc(S(=O)(=O)N3CCCC3)cc2)C(c2ccccc2)C1. The summed E-state index contributed by atoms with van der Waals surface area (Å²) in [5, 5.41) is 0. The summed E-state index contributed by atoms with van der Waals surface area (Å²) in [6.07, 6.45) is 1.71. The van der Waals surface area contributed by atoms with Gasteiger partial charge in [-0.2, -0.15) is 8.61 Å². The lowest BCUT2D eigenvalue weighted by Crippen LogP contribution is -2.49. The van der Waals surface area contributed by atoms with Crippen molar-refractivity contribution in [3.8, 4) is 0 Å². The van der Waals surface area contributed by atoms with E-state index in [0.29, 0.717) is 32.7 Å². The van der Waals surface area contributed by atoms with Crippen LogP contribution < -0.4 is 0 Å². The van der Waals surface area contributed by atoms with Crippen LogP contribution >= 0.6 is 0 Å². The third kappa shape index (κ3) is 4.04. The molecule has 0 saturated carbocycles. The fraction of sp³-hybridized carbons (Fsp3) is 0.429. The van der Waals surface area contributed by atoms with Crippen LogP contribution in [-0.2, 0) is 20.0 Å². The largest absolute Gasteiger partial charge is 0.303 e. The second-order valence-electron chi connectivity index (χ2n) is 7.89. The highest BCUT2D eigenvalue weighted by molar-refractivity contribution is 7.89. The van der Waals surface area contributed by atoms with Crippen LogP contribution in [0.1, 0.15) is 24.4 Å². The van der Waals surface area contributed by atoms with Crippen LogP contribution in [0.3, 0.4) is 0 Å². The Balaban J connectivity index is 1.64. The van der Waals surface area contributed by atoms with Crippen LogP contribution in [-0.4, -0.2) is 70.1 Å². The first-order chi connectivity index (χ1) is 14.3. The standard InChI is InChI=1S/C21H27N3O4S2/c1-22-15-16-24(21(17-22)18-7-3-2-4-8-18)30(27,28)20-11-9-19(10-12-20)29(25,26)23-13-5-6-14-23/h2-4,7-12,21H,5-6,13-17H2,1H3. The Bertz CT molecular complexity index is 1080. The smallest absolute Gasteiger partial charge is 0.243 e. The Morgan fingerprint density at radius 3 is 1.90 bits per heavy atom. The molecule has 162 valence electrons. The monoisotopic (exact) mass is 449 g/mol. The fourth-order valence-corrected chi connectivity index (χ4v) is 7.25. The number of benzene rings is 2. The van der Waals surface area contributed by atoms with Gasteiger partial charge in [-0.15, -0.1) is 0 Å². The Morgan fingerprint density at radius 2 is 1.30 bits per heavy atom. The van der Waals surface area contributed by atoms with Crippen molar-refractivity contribution in [2.24, 2.45) is 0 Å². The predicted octanol–water partition coefficient (Wildman–Crippen LogP) is 2.15. The zero-order valence-electron chi connectivity index (χ0n) is 17.0. The number of hydrogen-bond donors (Lipinski definition) is 0. The first-order valence-corrected chi connectivity index (χ1v) is 13.0. The van der Waals surface area contributed by atoms with Gasteiger partial charge in [-0.1, -0.05) is 30.3 Å². The van der Waals surface area contributed by atoms with Crippen LogP contribution in [0.2, 0.25) is 0 Å². The Labute approximate surface area is 179 Å². The maximum atomic E-state index is 13.4. The van der Waals surface area contributed by atoms with E-state index in [9.17, 15) is 16.8 Å². The van der Waals surface area contributed by atoms with E-state index in [2.05, 4.69) is 4.90 Å². The van der Waals surface area contributed by atoms with Crippen molar-refractivity contribution in [3.05, 3.63) is 60.2 Å². The van der Waals surface area contributed by atoms with Crippen molar-refractivity contribution in [3.63, 3.8) is 0 Å².